The van der Waals surface area contributed by atoms with Crippen molar-refractivity contribution in [2.45, 2.75) is 0 Å². The van der Waals surface area contributed by atoms with Crippen LogP contribution in [0.4, 0.5) is 0 Å². The van der Waals surface area contributed by atoms with Gasteiger partial charge < -0.3 is 9.13 Å². The lowest BCUT2D eigenvalue weighted by atomic mass is 9.97. The zero-order chi connectivity index (χ0) is 33.5. The molecule has 3 nitrogen and oxygen atoms in total. The summed E-state index contributed by atoms with van der Waals surface area (Å²) in [5, 5.41) is 6.30. The quantitative estimate of drug-likeness (QED) is 0.183. The fourth-order valence-electron chi connectivity index (χ4n) is 8.11. The number of aromatic nitrogens is 3. The highest BCUT2D eigenvalue weighted by Gasteiger charge is 2.21. The summed E-state index contributed by atoms with van der Waals surface area (Å²) in [6, 6.07) is 61.8. The van der Waals surface area contributed by atoms with E-state index in [2.05, 4.69) is 178 Å². The Kier molecular flexibility index (Phi) is 6.12. The van der Waals surface area contributed by atoms with Crippen LogP contribution in [0.25, 0.3) is 97.5 Å². The minimum absolute atomic E-state index is 1.09. The molecule has 238 valence electrons. The maximum atomic E-state index is 4.65. The lowest BCUT2D eigenvalue weighted by molar-refractivity contribution is 1.17. The third-order valence-corrected chi connectivity index (χ3v) is 11.5. The number of benzene rings is 7. The fourth-order valence-corrected chi connectivity index (χ4v) is 9.21. The van der Waals surface area contributed by atoms with Gasteiger partial charge in [0.25, 0.3) is 0 Å². The Bertz CT molecular complexity index is 3130. The van der Waals surface area contributed by atoms with Crippen molar-refractivity contribution in [3.05, 3.63) is 176 Å². The number of thiophene rings is 1. The summed E-state index contributed by atoms with van der Waals surface area (Å²) in [6.45, 7) is 0. The summed E-state index contributed by atoms with van der Waals surface area (Å²) in [5.74, 6) is 0. The number of hydrogen-bond acceptors (Lipinski definition) is 2. The van der Waals surface area contributed by atoms with E-state index in [0.717, 1.165) is 11.2 Å². The molecule has 0 bridgehead atoms. The Morgan fingerprint density at radius 2 is 0.961 bits per heavy atom. The van der Waals surface area contributed by atoms with Gasteiger partial charge in [-0.3, -0.25) is 4.98 Å². The molecule has 7 aromatic carbocycles. The number of fused-ring (bicyclic) bond motifs is 10. The third kappa shape index (κ3) is 4.27. The summed E-state index contributed by atoms with van der Waals surface area (Å²) in [5.41, 5.74) is 13.0. The van der Waals surface area contributed by atoms with Gasteiger partial charge in [0.1, 0.15) is 0 Å². The molecule has 0 spiro atoms. The maximum absolute atomic E-state index is 4.65. The van der Waals surface area contributed by atoms with E-state index in [1.165, 1.54) is 86.3 Å². The van der Waals surface area contributed by atoms with Crippen LogP contribution in [0.5, 0.6) is 0 Å². The monoisotopic (exact) mass is 667 g/mol. The minimum atomic E-state index is 1.09. The molecular formula is C47H29N3S. The maximum Gasteiger partial charge on any atom is 0.0888 e. The summed E-state index contributed by atoms with van der Waals surface area (Å²) in [6.07, 6.45) is 1.88. The first-order chi connectivity index (χ1) is 25.3. The highest BCUT2D eigenvalue weighted by molar-refractivity contribution is 7.25. The van der Waals surface area contributed by atoms with E-state index in [1.807, 2.05) is 23.6 Å². The van der Waals surface area contributed by atoms with Crippen LogP contribution in [0.3, 0.4) is 0 Å². The molecule has 0 saturated carbocycles. The minimum Gasteiger partial charge on any atom is -0.309 e. The van der Waals surface area contributed by atoms with Crippen LogP contribution in [-0.4, -0.2) is 14.1 Å². The highest BCUT2D eigenvalue weighted by Crippen LogP contribution is 2.43. The van der Waals surface area contributed by atoms with Gasteiger partial charge in [0, 0.05) is 49.2 Å². The summed E-state index contributed by atoms with van der Waals surface area (Å²) in [7, 11) is 0. The van der Waals surface area contributed by atoms with Crippen LogP contribution in [0, 0.1) is 0 Å². The van der Waals surface area contributed by atoms with Crippen LogP contribution in [-0.2, 0) is 0 Å². The molecule has 0 amide bonds. The SMILES string of the molecule is c1ccc(-n2c3ccccc3c3c4c5ccc(-c6cccc(-c7ccc8c(c7)sc7cccnc78)c6)cc5n(-c5ccccc5)c4ccc32)cc1. The Morgan fingerprint density at radius 1 is 0.373 bits per heavy atom. The van der Waals surface area contributed by atoms with E-state index in [-0.39, 0.29) is 0 Å². The van der Waals surface area contributed by atoms with Gasteiger partial charge in [-0.15, -0.1) is 11.3 Å². The van der Waals surface area contributed by atoms with Gasteiger partial charge >= 0.3 is 0 Å². The molecule has 4 heteroatoms. The normalized spacial score (nSPS) is 11.9. The highest BCUT2D eigenvalue weighted by atomic mass is 32.1. The van der Waals surface area contributed by atoms with Crippen LogP contribution >= 0.6 is 11.3 Å². The van der Waals surface area contributed by atoms with Crippen molar-refractivity contribution in [3.63, 3.8) is 0 Å². The van der Waals surface area contributed by atoms with Gasteiger partial charge in [-0.25, -0.2) is 0 Å². The van der Waals surface area contributed by atoms with E-state index >= 15 is 0 Å². The second-order valence-corrected chi connectivity index (χ2v) is 14.3. The molecule has 0 saturated heterocycles. The second kappa shape index (κ2) is 11.0. The van der Waals surface area contributed by atoms with Crippen molar-refractivity contribution in [2.24, 2.45) is 0 Å². The van der Waals surface area contributed by atoms with E-state index < -0.39 is 0 Å². The molecule has 11 aromatic rings. The van der Waals surface area contributed by atoms with E-state index in [1.54, 1.807) is 0 Å². The lowest BCUT2D eigenvalue weighted by Crippen LogP contribution is -1.94. The van der Waals surface area contributed by atoms with Gasteiger partial charge in [0.2, 0.25) is 0 Å². The van der Waals surface area contributed by atoms with Crippen molar-refractivity contribution in [2.75, 3.05) is 0 Å². The number of rotatable bonds is 4. The second-order valence-electron chi connectivity index (χ2n) is 13.2. The van der Waals surface area contributed by atoms with Gasteiger partial charge in [0.05, 0.1) is 32.3 Å². The van der Waals surface area contributed by atoms with Crippen molar-refractivity contribution >= 4 is 75.3 Å². The van der Waals surface area contributed by atoms with E-state index in [4.69, 9.17) is 0 Å². The zero-order valence-electron chi connectivity index (χ0n) is 27.5. The number of nitrogens with zero attached hydrogens (tertiary/aromatic N) is 3. The summed E-state index contributed by atoms with van der Waals surface area (Å²) >= 11 is 1.81. The van der Waals surface area contributed by atoms with Crippen LogP contribution in [0.15, 0.2) is 176 Å². The molecule has 0 aliphatic heterocycles. The smallest absolute Gasteiger partial charge is 0.0888 e. The summed E-state index contributed by atoms with van der Waals surface area (Å²) in [4.78, 5) is 4.65. The first kappa shape index (κ1) is 28.4. The topological polar surface area (TPSA) is 22.8 Å². The number of pyridine rings is 1. The van der Waals surface area contributed by atoms with Crippen LogP contribution in [0.2, 0.25) is 0 Å². The molecule has 51 heavy (non-hydrogen) atoms. The Morgan fingerprint density at radius 3 is 1.69 bits per heavy atom. The van der Waals surface area contributed by atoms with Gasteiger partial charge in [-0.2, -0.15) is 0 Å². The average molecular weight is 668 g/mol. The molecule has 0 unspecified atom stereocenters. The molecule has 4 aromatic heterocycles. The van der Waals surface area contributed by atoms with E-state index in [9.17, 15) is 0 Å². The predicted molar refractivity (Wildman–Crippen MR) is 217 cm³/mol. The van der Waals surface area contributed by atoms with Gasteiger partial charge in [0.15, 0.2) is 0 Å². The molecule has 4 heterocycles. The first-order valence-corrected chi connectivity index (χ1v) is 18.1. The van der Waals surface area contributed by atoms with Crippen LogP contribution in [0.1, 0.15) is 0 Å². The molecule has 0 fully saturated rings. The molecule has 11 rings (SSSR count). The average Bonchev–Trinajstić information content (AvgIpc) is 3.85. The Labute approximate surface area is 297 Å². The lowest BCUT2D eigenvalue weighted by Gasteiger charge is -2.10. The number of hydrogen-bond donors (Lipinski definition) is 0. The standard InChI is InChI=1S/C47H29N3S/c1-3-13-34(14-4-1)49-39-18-8-7-17-36(39)45-40(49)24-25-41-46(45)37-22-20-32(28-42(37)50(41)35-15-5-2-6-16-35)30-11-9-12-31(27-30)33-21-23-38-44(29-33)51-43-19-10-26-48-47(38)43/h1-29H. The van der Waals surface area contributed by atoms with Gasteiger partial charge in [-0.1, -0.05) is 97.1 Å². The predicted octanol–water partition coefficient (Wildman–Crippen LogP) is 13.0. The largest absolute Gasteiger partial charge is 0.309 e. The summed E-state index contributed by atoms with van der Waals surface area (Å²) < 4.78 is 7.33. The molecule has 0 atom stereocenters. The van der Waals surface area contributed by atoms with Gasteiger partial charge in [-0.05, 0) is 95.1 Å². The van der Waals surface area contributed by atoms with Crippen molar-refractivity contribution in [1.82, 2.24) is 14.1 Å². The Balaban J connectivity index is 1.14. The van der Waals surface area contributed by atoms with Crippen molar-refractivity contribution in [3.8, 4) is 33.6 Å². The first-order valence-electron chi connectivity index (χ1n) is 17.3. The number of para-hydroxylation sites is 3. The Hall–Kier alpha value is -6.49. The zero-order valence-corrected chi connectivity index (χ0v) is 28.3. The third-order valence-electron chi connectivity index (χ3n) is 10.4. The molecule has 0 aliphatic rings. The van der Waals surface area contributed by atoms with E-state index in [0.29, 0.717) is 0 Å². The molecule has 0 aliphatic carbocycles. The molecule has 0 radical (unpaired) electrons. The fraction of sp³-hybridized carbons (Fsp3) is 0. The molecular weight excluding hydrogens is 639 g/mol. The van der Waals surface area contributed by atoms with Crippen molar-refractivity contribution in [1.29, 1.82) is 0 Å². The van der Waals surface area contributed by atoms with Crippen LogP contribution < -0.4 is 0 Å². The molecule has 0 N–H and O–H groups in total. The van der Waals surface area contributed by atoms with Crippen molar-refractivity contribution < 1.29 is 0 Å².